The van der Waals surface area contributed by atoms with Crippen LogP contribution in [0.5, 0.6) is 0 Å². The van der Waals surface area contributed by atoms with Crippen molar-refractivity contribution in [3.05, 3.63) is 18.5 Å². The van der Waals surface area contributed by atoms with Gasteiger partial charge in [0.15, 0.2) is 0 Å². The summed E-state index contributed by atoms with van der Waals surface area (Å²) in [6.45, 7) is 1.70. The van der Waals surface area contributed by atoms with Crippen molar-refractivity contribution < 1.29 is 4.74 Å². The highest BCUT2D eigenvalue weighted by atomic mass is 16.5. The number of rotatable bonds is 1. The lowest BCUT2D eigenvalue weighted by molar-refractivity contribution is 0.184. The molecule has 10 heavy (non-hydrogen) atoms. The predicted molar refractivity (Wildman–Crippen MR) is 36.7 cm³/mol. The van der Waals surface area contributed by atoms with Crippen LogP contribution in [-0.2, 0) is 4.74 Å². The predicted octanol–water partition coefficient (Wildman–Crippen LogP) is 0.844. The van der Waals surface area contributed by atoms with Gasteiger partial charge in [0.2, 0.25) is 0 Å². The van der Waals surface area contributed by atoms with Crippen molar-refractivity contribution in [1.82, 2.24) is 9.78 Å². The third kappa shape index (κ3) is 0.926. The fourth-order valence-electron chi connectivity index (χ4n) is 1.23. The van der Waals surface area contributed by atoms with Crippen molar-refractivity contribution in [2.24, 2.45) is 0 Å². The van der Waals surface area contributed by atoms with Gasteiger partial charge in [-0.2, -0.15) is 5.10 Å². The number of ether oxygens (including phenoxy) is 1. The summed E-state index contributed by atoms with van der Waals surface area (Å²) in [6, 6.07) is 2.42. The molecular formula is C7H10N2O. The van der Waals surface area contributed by atoms with Crippen LogP contribution >= 0.6 is 0 Å². The van der Waals surface area contributed by atoms with E-state index >= 15 is 0 Å². The monoisotopic (exact) mass is 138 g/mol. The first-order chi connectivity index (χ1) is 4.97. The Labute approximate surface area is 59.6 Å². The van der Waals surface area contributed by atoms with E-state index in [0.717, 1.165) is 19.6 Å². The molecule has 1 aliphatic rings. The van der Waals surface area contributed by atoms with Gasteiger partial charge < -0.3 is 4.74 Å². The second kappa shape index (κ2) is 2.42. The van der Waals surface area contributed by atoms with E-state index in [1.54, 1.807) is 6.20 Å². The zero-order valence-corrected chi connectivity index (χ0v) is 5.73. The van der Waals surface area contributed by atoms with Crippen LogP contribution in [-0.4, -0.2) is 23.0 Å². The number of nitrogens with zero attached hydrogens (tertiary/aromatic N) is 2. The van der Waals surface area contributed by atoms with Gasteiger partial charge in [0.05, 0.1) is 12.6 Å². The first kappa shape index (κ1) is 5.92. The van der Waals surface area contributed by atoms with E-state index in [0.29, 0.717) is 6.04 Å². The van der Waals surface area contributed by atoms with Crippen molar-refractivity contribution in [3.8, 4) is 0 Å². The molecule has 0 radical (unpaired) electrons. The zero-order chi connectivity index (χ0) is 6.81. The highest BCUT2D eigenvalue weighted by Gasteiger charge is 2.16. The van der Waals surface area contributed by atoms with Gasteiger partial charge in [0.1, 0.15) is 0 Å². The lowest BCUT2D eigenvalue weighted by Gasteiger charge is -2.05. The second-order valence-electron chi connectivity index (χ2n) is 2.50. The van der Waals surface area contributed by atoms with Crippen molar-refractivity contribution >= 4 is 0 Å². The molecule has 0 amide bonds. The van der Waals surface area contributed by atoms with E-state index < -0.39 is 0 Å². The van der Waals surface area contributed by atoms with Crippen LogP contribution in [0, 0.1) is 0 Å². The molecule has 0 N–H and O–H groups in total. The van der Waals surface area contributed by atoms with E-state index in [1.807, 2.05) is 16.9 Å². The SMILES string of the molecule is c1cnn([C@@H]2CCOC2)c1. The molecule has 0 saturated carbocycles. The quantitative estimate of drug-likeness (QED) is 0.575. The van der Waals surface area contributed by atoms with Gasteiger partial charge in [-0.3, -0.25) is 4.68 Å². The van der Waals surface area contributed by atoms with E-state index in [4.69, 9.17) is 4.74 Å². The molecule has 0 spiro atoms. The number of hydrogen-bond acceptors (Lipinski definition) is 2. The molecule has 54 valence electrons. The summed E-state index contributed by atoms with van der Waals surface area (Å²) in [7, 11) is 0. The Morgan fingerprint density at radius 2 is 2.60 bits per heavy atom. The smallest absolute Gasteiger partial charge is 0.0774 e. The summed E-state index contributed by atoms with van der Waals surface area (Å²) in [6.07, 6.45) is 4.89. The molecule has 1 fully saturated rings. The molecule has 3 heteroatoms. The van der Waals surface area contributed by atoms with Crippen LogP contribution in [0.25, 0.3) is 0 Å². The maximum atomic E-state index is 5.22. The summed E-state index contributed by atoms with van der Waals surface area (Å²) >= 11 is 0. The van der Waals surface area contributed by atoms with Crippen molar-refractivity contribution in [1.29, 1.82) is 0 Å². The molecule has 1 saturated heterocycles. The summed E-state index contributed by atoms with van der Waals surface area (Å²) in [5.41, 5.74) is 0. The number of hydrogen-bond donors (Lipinski definition) is 0. The van der Waals surface area contributed by atoms with E-state index in [-0.39, 0.29) is 0 Å². The first-order valence-electron chi connectivity index (χ1n) is 3.54. The first-order valence-corrected chi connectivity index (χ1v) is 3.54. The molecule has 1 aliphatic heterocycles. The average molecular weight is 138 g/mol. The molecule has 0 aliphatic carbocycles. The molecule has 3 nitrogen and oxygen atoms in total. The second-order valence-corrected chi connectivity index (χ2v) is 2.50. The Morgan fingerprint density at radius 1 is 1.60 bits per heavy atom. The maximum Gasteiger partial charge on any atom is 0.0774 e. The van der Waals surface area contributed by atoms with Crippen molar-refractivity contribution in [2.75, 3.05) is 13.2 Å². The molecule has 0 unspecified atom stereocenters. The topological polar surface area (TPSA) is 27.1 Å². The highest BCUT2D eigenvalue weighted by molar-refractivity contribution is 4.82. The fraction of sp³-hybridized carbons (Fsp3) is 0.571. The summed E-state index contributed by atoms with van der Waals surface area (Å²) < 4.78 is 7.19. The van der Waals surface area contributed by atoms with Gasteiger partial charge in [-0.1, -0.05) is 0 Å². The van der Waals surface area contributed by atoms with Crippen LogP contribution in [0.3, 0.4) is 0 Å². The summed E-state index contributed by atoms with van der Waals surface area (Å²) in [4.78, 5) is 0. The van der Waals surface area contributed by atoms with Crippen LogP contribution < -0.4 is 0 Å². The van der Waals surface area contributed by atoms with Gasteiger partial charge in [0, 0.05) is 19.0 Å². The van der Waals surface area contributed by atoms with Gasteiger partial charge >= 0.3 is 0 Å². The lowest BCUT2D eigenvalue weighted by atomic mass is 10.3. The van der Waals surface area contributed by atoms with Crippen LogP contribution in [0.1, 0.15) is 12.5 Å². The standard InChI is InChI=1S/C7H10N2O/c1-3-8-9(4-1)7-2-5-10-6-7/h1,3-4,7H,2,5-6H2/t7-/m1/s1. The third-order valence-electron chi connectivity index (χ3n) is 1.80. The molecule has 0 bridgehead atoms. The van der Waals surface area contributed by atoms with Gasteiger partial charge in [-0.15, -0.1) is 0 Å². The fourth-order valence-corrected chi connectivity index (χ4v) is 1.23. The van der Waals surface area contributed by atoms with Crippen LogP contribution in [0.15, 0.2) is 18.5 Å². The van der Waals surface area contributed by atoms with E-state index in [1.165, 1.54) is 0 Å². The number of aromatic nitrogens is 2. The van der Waals surface area contributed by atoms with Crippen molar-refractivity contribution in [3.63, 3.8) is 0 Å². The van der Waals surface area contributed by atoms with Crippen molar-refractivity contribution in [2.45, 2.75) is 12.5 Å². The van der Waals surface area contributed by atoms with Crippen LogP contribution in [0.4, 0.5) is 0 Å². The van der Waals surface area contributed by atoms with Gasteiger partial charge in [-0.25, -0.2) is 0 Å². The average Bonchev–Trinajstić information content (AvgIpc) is 2.59. The molecule has 1 atom stereocenters. The van der Waals surface area contributed by atoms with E-state index in [9.17, 15) is 0 Å². The van der Waals surface area contributed by atoms with Gasteiger partial charge in [-0.05, 0) is 12.5 Å². The highest BCUT2D eigenvalue weighted by Crippen LogP contribution is 2.16. The third-order valence-corrected chi connectivity index (χ3v) is 1.80. The minimum Gasteiger partial charge on any atom is -0.379 e. The Bertz CT molecular complexity index is 189. The molecule has 2 rings (SSSR count). The molecule has 1 aromatic rings. The Hall–Kier alpha value is -0.830. The molecule has 0 aromatic carbocycles. The lowest BCUT2D eigenvalue weighted by Crippen LogP contribution is -2.08. The minimum absolute atomic E-state index is 0.481. The Morgan fingerprint density at radius 3 is 3.20 bits per heavy atom. The van der Waals surface area contributed by atoms with Gasteiger partial charge in [0.25, 0.3) is 0 Å². The summed E-state index contributed by atoms with van der Waals surface area (Å²) in [5, 5.41) is 4.13. The Balaban J connectivity index is 2.12. The maximum absolute atomic E-state index is 5.22. The molecular weight excluding hydrogens is 128 g/mol. The van der Waals surface area contributed by atoms with Crippen LogP contribution in [0.2, 0.25) is 0 Å². The zero-order valence-electron chi connectivity index (χ0n) is 5.73. The molecule has 1 aromatic heterocycles. The molecule has 2 heterocycles. The Kier molecular flexibility index (Phi) is 1.43. The minimum atomic E-state index is 0.481. The summed E-state index contributed by atoms with van der Waals surface area (Å²) in [5.74, 6) is 0. The van der Waals surface area contributed by atoms with E-state index in [2.05, 4.69) is 5.10 Å². The largest absolute Gasteiger partial charge is 0.379 e. The normalized spacial score (nSPS) is 25.4.